The van der Waals surface area contributed by atoms with Crippen molar-refractivity contribution in [2.45, 2.75) is 0 Å². The summed E-state index contributed by atoms with van der Waals surface area (Å²) in [6.07, 6.45) is 0. The van der Waals surface area contributed by atoms with Gasteiger partial charge in [-0.25, -0.2) is 37.3 Å². The maximum atomic E-state index is 8.49. The van der Waals surface area contributed by atoms with Gasteiger partial charge in [-0.1, -0.05) is 0 Å². The molecule has 120 valence electrons. The van der Waals surface area contributed by atoms with Gasteiger partial charge in [0.15, 0.2) is 0 Å². The molecule has 0 aliphatic carbocycles. The summed E-state index contributed by atoms with van der Waals surface area (Å²) in [5.41, 5.74) is 0. The van der Waals surface area contributed by atoms with E-state index in [0.29, 0.717) is 0 Å². The van der Waals surface area contributed by atoms with Gasteiger partial charge in [-0.15, -0.1) is 20.5 Å². The van der Waals surface area contributed by atoms with Crippen LogP contribution in [0.2, 0.25) is 0 Å². The largest absolute Gasteiger partial charge is 0.457 e. The highest BCUT2D eigenvalue weighted by Crippen LogP contribution is 1.50. The molecule has 15 nitrogen and oxygen atoms in total. The Labute approximate surface area is 97.0 Å². The van der Waals surface area contributed by atoms with Crippen molar-refractivity contribution in [3.63, 3.8) is 0 Å². The molecule has 0 aromatic carbocycles. The molecule has 0 saturated carbocycles. The van der Waals surface area contributed by atoms with Crippen LogP contribution in [0.3, 0.4) is 0 Å². The number of rotatable bonds is 0. The molecular weight excluding hydrogens is 311 g/mol. The molecule has 0 bridgehead atoms. The quantitative estimate of drug-likeness (QED) is 0.383. The SMILES string of the molecule is O.O.O.O.O.[O-][Cl+3]([O-])([O-])[O-].[O-][Cl+3]([O-])([O-])[O-].[OH3+].[OH3+]. The topological polar surface area (TPSA) is 408 Å². The molecule has 0 saturated heterocycles. The van der Waals surface area contributed by atoms with E-state index in [1.54, 1.807) is 0 Å². The fourth-order valence-electron chi connectivity index (χ4n) is 0. The first-order valence-electron chi connectivity index (χ1n) is 1.23. The average Bonchev–Trinajstić information content (AvgIpc) is 1.12. The Balaban J connectivity index is -0.00000000762. The predicted octanol–water partition coefficient (Wildman–Crippen LogP) is -15.5. The Morgan fingerprint density at radius 1 is 0.353 bits per heavy atom. The van der Waals surface area contributed by atoms with Crippen molar-refractivity contribution in [1.29, 1.82) is 0 Å². The second-order valence-electron chi connectivity index (χ2n) is 0.756. The van der Waals surface area contributed by atoms with Crippen molar-refractivity contribution in [1.82, 2.24) is 0 Å². The van der Waals surface area contributed by atoms with Gasteiger partial charge in [0, 0.05) is 0 Å². The summed E-state index contributed by atoms with van der Waals surface area (Å²) >= 11 is 0. The molecule has 0 aliphatic rings. The fraction of sp³-hybridized carbons (Fsp3) is 0. The van der Waals surface area contributed by atoms with E-state index in [-0.39, 0.29) is 38.3 Å². The highest BCUT2D eigenvalue weighted by Gasteiger charge is 1.84. The molecule has 17 heteroatoms. The molecule has 0 rings (SSSR count). The normalized spacial score (nSPS) is 7.06. The third-order valence-electron chi connectivity index (χ3n) is 0. The van der Waals surface area contributed by atoms with Crippen LogP contribution in [0.4, 0.5) is 0 Å². The van der Waals surface area contributed by atoms with E-state index in [0.717, 1.165) is 0 Å². The lowest BCUT2D eigenvalue weighted by Gasteiger charge is -2.17. The molecule has 0 aliphatic heterocycles. The molecule has 0 aromatic rings. The highest BCUT2D eigenvalue weighted by molar-refractivity contribution is 2.01. The number of hydrogen-bond acceptors (Lipinski definition) is 8. The molecule has 0 amide bonds. The Bertz CT molecular complexity index is 51.9. The van der Waals surface area contributed by atoms with Gasteiger partial charge in [-0.05, 0) is 0 Å². The third kappa shape index (κ3) is 7810000. The van der Waals surface area contributed by atoms with Crippen LogP contribution in [0.1, 0.15) is 0 Å². The van der Waals surface area contributed by atoms with E-state index in [1.807, 2.05) is 0 Å². The van der Waals surface area contributed by atoms with Crippen LogP contribution in [0.25, 0.3) is 0 Å². The molecule has 0 atom stereocenters. The Kier molecular flexibility index (Phi) is 100. The summed E-state index contributed by atoms with van der Waals surface area (Å²) in [4.78, 5) is 0. The monoisotopic (exact) mass is 326 g/mol. The minimum Gasteiger partial charge on any atom is -0.457 e. The van der Waals surface area contributed by atoms with Crippen molar-refractivity contribution < 1.29 is 96.1 Å². The molecule has 0 aromatic heterocycles. The molecular formula is H16Cl2O15. The number of hydrogen-bond donors (Lipinski definition) is 0. The average molecular weight is 327 g/mol. The van der Waals surface area contributed by atoms with E-state index in [4.69, 9.17) is 37.3 Å². The fourth-order valence-corrected chi connectivity index (χ4v) is 0. The standard InChI is InChI=1S/2ClHO4.7H2O/c2*2-1(3,4)5;;;;;;;/h2*(H,2,3,4,5);7*1H2. The molecule has 0 fully saturated rings. The van der Waals surface area contributed by atoms with E-state index in [9.17, 15) is 0 Å². The maximum absolute atomic E-state index is 8.49. The van der Waals surface area contributed by atoms with Gasteiger partial charge in [-0.2, -0.15) is 0 Å². The minimum atomic E-state index is -4.94. The predicted molar refractivity (Wildman–Crippen MR) is 27.8 cm³/mol. The van der Waals surface area contributed by atoms with E-state index in [1.165, 1.54) is 0 Å². The molecule has 16 N–H and O–H groups in total. The van der Waals surface area contributed by atoms with Crippen LogP contribution in [-0.2, 0) is 11.0 Å². The molecule has 0 spiro atoms. The van der Waals surface area contributed by atoms with Gasteiger partial charge in [0.05, 0.1) is 0 Å². The first kappa shape index (κ1) is 68.1. The lowest BCUT2D eigenvalue weighted by molar-refractivity contribution is -2.00. The maximum Gasteiger partial charge on any atom is -0.112 e. The molecule has 0 heterocycles. The van der Waals surface area contributed by atoms with Gasteiger partial charge in [0.25, 0.3) is 0 Å². The van der Waals surface area contributed by atoms with Crippen LogP contribution in [-0.4, -0.2) is 27.4 Å². The third-order valence-corrected chi connectivity index (χ3v) is 0. The van der Waals surface area contributed by atoms with Gasteiger partial charge in [-0.3, -0.25) is 0 Å². The Morgan fingerprint density at radius 3 is 0.353 bits per heavy atom. The molecule has 0 unspecified atom stereocenters. The lowest BCUT2D eigenvalue weighted by Crippen LogP contribution is -2.68. The zero-order valence-corrected chi connectivity index (χ0v) is 9.19. The summed E-state index contributed by atoms with van der Waals surface area (Å²) in [6, 6.07) is 0. The molecule has 0 radical (unpaired) electrons. The highest BCUT2D eigenvalue weighted by atomic mass is 35.7. The van der Waals surface area contributed by atoms with Gasteiger partial charge in [0.1, 0.15) is 0 Å². The van der Waals surface area contributed by atoms with E-state index >= 15 is 0 Å². The van der Waals surface area contributed by atoms with Gasteiger partial charge >= 0.3 is 0 Å². The Hall–Kier alpha value is -0.0200. The van der Waals surface area contributed by atoms with E-state index < -0.39 is 20.5 Å². The Morgan fingerprint density at radius 2 is 0.353 bits per heavy atom. The first-order valence-corrected chi connectivity index (χ1v) is 3.70. The van der Waals surface area contributed by atoms with Gasteiger partial charge in [0.2, 0.25) is 0 Å². The van der Waals surface area contributed by atoms with E-state index in [2.05, 4.69) is 0 Å². The minimum absolute atomic E-state index is 0. The van der Waals surface area contributed by atoms with Crippen molar-refractivity contribution >= 4 is 0 Å². The van der Waals surface area contributed by atoms with Crippen molar-refractivity contribution in [3.05, 3.63) is 0 Å². The molecule has 17 heavy (non-hydrogen) atoms. The lowest BCUT2D eigenvalue weighted by atomic mass is 15.8. The second-order valence-corrected chi connectivity index (χ2v) is 2.27. The number of halogens is 2. The van der Waals surface area contributed by atoms with Crippen LogP contribution >= 0.6 is 0 Å². The summed E-state index contributed by atoms with van der Waals surface area (Å²) in [6.45, 7) is 0. The smallest absolute Gasteiger partial charge is 0.112 e. The first-order chi connectivity index (χ1) is 4.00. The van der Waals surface area contributed by atoms with Crippen LogP contribution in [0.15, 0.2) is 0 Å². The van der Waals surface area contributed by atoms with Crippen molar-refractivity contribution in [3.8, 4) is 0 Å². The van der Waals surface area contributed by atoms with Crippen LogP contribution in [0.5, 0.6) is 0 Å². The zero-order chi connectivity index (χ0) is 9.00. The summed E-state index contributed by atoms with van der Waals surface area (Å²) in [7, 11) is -9.89. The summed E-state index contributed by atoms with van der Waals surface area (Å²) in [5, 5.41) is 0. The van der Waals surface area contributed by atoms with Crippen LogP contribution < -0.4 is 37.3 Å². The van der Waals surface area contributed by atoms with Gasteiger partial charge < -0.3 is 38.3 Å². The van der Waals surface area contributed by atoms with Crippen molar-refractivity contribution in [2.75, 3.05) is 0 Å². The second kappa shape index (κ2) is 25.0. The summed E-state index contributed by atoms with van der Waals surface area (Å²) < 4.78 is 67.9. The zero-order valence-electron chi connectivity index (χ0n) is 7.68. The summed E-state index contributed by atoms with van der Waals surface area (Å²) in [5.74, 6) is 0. The van der Waals surface area contributed by atoms with Crippen LogP contribution in [0, 0.1) is 20.5 Å². The van der Waals surface area contributed by atoms with Crippen molar-refractivity contribution in [2.24, 2.45) is 0 Å².